The normalized spacial score (nSPS) is 10.5. The molecule has 0 atom stereocenters. The van der Waals surface area contributed by atoms with Crippen molar-refractivity contribution in [1.29, 1.82) is 0 Å². The van der Waals surface area contributed by atoms with E-state index in [1.165, 1.54) is 89.9 Å². The second kappa shape index (κ2) is 20.5. The summed E-state index contributed by atoms with van der Waals surface area (Å²) in [6, 6.07) is 0. The van der Waals surface area contributed by atoms with E-state index in [2.05, 4.69) is 18.8 Å². The molecule has 0 bridgehead atoms. The van der Waals surface area contributed by atoms with Crippen molar-refractivity contribution >= 4 is 0 Å². The summed E-state index contributed by atoms with van der Waals surface area (Å²) in [5.41, 5.74) is 0. The topological polar surface area (TPSA) is 20.2 Å². The van der Waals surface area contributed by atoms with Crippen molar-refractivity contribution in [3.63, 3.8) is 0 Å². The Balaban J connectivity index is 3.00. The zero-order valence-electron chi connectivity index (χ0n) is 15.2. The van der Waals surface area contributed by atoms with Crippen molar-refractivity contribution in [2.45, 2.75) is 116 Å². The quantitative estimate of drug-likeness (QED) is 0.250. The Labute approximate surface area is 140 Å². The Morgan fingerprint density at radius 2 is 0.864 bits per heavy atom. The highest BCUT2D eigenvalue weighted by Gasteiger charge is 1.93. The highest BCUT2D eigenvalue weighted by atomic mass is 16.2. The summed E-state index contributed by atoms with van der Waals surface area (Å²) in [6.45, 7) is 2.56. The Hall–Kier alpha value is -0.480. The van der Waals surface area contributed by atoms with Gasteiger partial charge in [0, 0.05) is 19.4 Å². The van der Waals surface area contributed by atoms with Crippen LogP contribution in [0.15, 0.2) is 0 Å². The fraction of sp³-hybridized carbons (Fsp3) is 0.905. The van der Waals surface area contributed by atoms with Crippen LogP contribution in [0.25, 0.3) is 0 Å². The number of hydrogen-bond acceptors (Lipinski definition) is 1. The van der Waals surface area contributed by atoms with Crippen LogP contribution < -0.4 is 0 Å². The Morgan fingerprint density at radius 1 is 0.500 bits per heavy atom. The first kappa shape index (κ1) is 21.5. The Morgan fingerprint density at radius 3 is 1.27 bits per heavy atom. The van der Waals surface area contributed by atoms with Gasteiger partial charge in [0.1, 0.15) is 0 Å². The second-order valence-electron chi connectivity index (χ2n) is 6.53. The van der Waals surface area contributed by atoms with E-state index in [0.29, 0.717) is 0 Å². The van der Waals surface area contributed by atoms with E-state index in [4.69, 9.17) is 5.11 Å². The van der Waals surface area contributed by atoms with Crippen LogP contribution in [-0.4, -0.2) is 11.7 Å². The molecular formula is C21H40O. The molecule has 130 valence electrons. The van der Waals surface area contributed by atoms with Gasteiger partial charge in [-0.2, -0.15) is 0 Å². The highest BCUT2D eigenvalue weighted by molar-refractivity contribution is 4.98. The van der Waals surface area contributed by atoms with Crippen LogP contribution in [0, 0.1) is 11.8 Å². The number of hydrogen-bond donors (Lipinski definition) is 1. The van der Waals surface area contributed by atoms with E-state index in [0.717, 1.165) is 19.3 Å². The van der Waals surface area contributed by atoms with Crippen LogP contribution >= 0.6 is 0 Å². The molecule has 1 N–H and O–H groups in total. The fourth-order valence-corrected chi connectivity index (χ4v) is 2.75. The van der Waals surface area contributed by atoms with Crippen molar-refractivity contribution < 1.29 is 5.11 Å². The maximum atomic E-state index is 8.63. The standard InChI is InChI=1S/C21H40O/c1-2-3-4-5-6-7-8-9-10-11-12-13-14-15-16-17-18-19-20-21-22/h22H,2-16,19-21H2,1H3. The number of rotatable bonds is 16. The maximum absolute atomic E-state index is 8.63. The molecular weight excluding hydrogens is 268 g/mol. The molecule has 0 aromatic heterocycles. The number of aliphatic hydroxyl groups excluding tert-OH is 1. The van der Waals surface area contributed by atoms with Gasteiger partial charge >= 0.3 is 0 Å². The molecule has 0 unspecified atom stereocenters. The molecule has 0 aromatic carbocycles. The molecule has 0 fully saturated rings. The number of unbranched alkanes of at least 4 members (excludes halogenated alkanes) is 15. The van der Waals surface area contributed by atoms with Crippen molar-refractivity contribution in [3.05, 3.63) is 0 Å². The van der Waals surface area contributed by atoms with Crippen molar-refractivity contribution in [1.82, 2.24) is 0 Å². The molecule has 1 nitrogen and oxygen atoms in total. The van der Waals surface area contributed by atoms with Crippen molar-refractivity contribution in [3.8, 4) is 11.8 Å². The predicted molar refractivity (Wildman–Crippen MR) is 99.0 cm³/mol. The zero-order valence-corrected chi connectivity index (χ0v) is 15.2. The smallest absolute Gasteiger partial charge is 0.0440 e. The number of aliphatic hydroxyl groups is 1. The van der Waals surface area contributed by atoms with Crippen LogP contribution in [-0.2, 0) is 0 Å². The molecule has 0 spiro atoms. The lowest BCUT2D eigenvalue weighted by atomic mass is 10.0. The van der Waals surface area contributed by atoms with Gasteiger partial charge in [0.15, 0.2) is 0 Å². The summed E-state index contributed by atoms with van der Waals surface area (Å²) in [7, 11) is 0. The Bertz CT molecular complexity index is 248. The first-order valence-corrected chi connectivity index (χ1v) is 9.98. The van der Waals surface area contributed by atoms with E-state index >= 15 is 0 Å². The van der Waals surface area contributed by atoms with Crippen LogP contribution in [0.5, 0.6) is 0 Å². The molecule has 0 amide bonds. The first-order valence-electron chi connectivity index (χ1n) is 9.98. The third kappa shape index (κ3) is 19.5. The summed E-state index contributed by atoms with van der Waals surface area (Å²) in [5, 5.41) is 8.63. The molecule has 0 heterocycles. The van der Waals surface area contributed by atoms with Crippen LogP contribution in [0.1, 0.15) is 116 Å². The van der Waals surface area contributed by atoms with Gasteiger partial charge in [-0.15, -0.1) is 11.8 Å². The summed E-state index contributed by atoms with van der Waals surface area (Å²) >= 11 is 0. The maximum Gasteiger partial charge on any atom is 0.0440 e. The first-order chi connectivity index (χ1) is 10.9. The van der Waals surface area contributed by atoms with Gasteiger partial charge in [-0.3, -0.25) is 0 Å². The minimum atomic E-state index is 0.271. The van der Waals surface area contributed by atoms with Crippen molar-refractivity contribution in [2.75, 3.05) is 6.61 Å². The summed E-state index contributed by atoms with van der Waals surface area (Å²) in [6.07, 6.45) is 22.5. The molecule has 0 saturated heterocycles. The second-order valence-corrected chi connectivity index (χ2v) is 6.53. The monoisotopic (exact) mass is 308 g/mol. The third-order valence-electron chi connectivity index (χ3n) is 4.24. The lowest BCUT2D eigenvalue weighted by Gasteiger charge is -2.02. The summed E-state index contributed by atoms with van der Waals surface area (Å²) < 4.78 is 0. The van der Waals surface area contributed by atoms with Gasteiger partial charge in [0.25, 0.3) is 0 Å². The lowest BCUT2D eigenvalue weighted by Crippen LogP contribution is -1.83. The summed E-state index contributed by atoms with van der Waals surface area (Å²) in [5.74, 6) is 6.33. The van der Waals surface area contributed by atoms with Gasteiger partial charge in [0.05, 0.1) is 0 Å². The van der Waals surface area contributed by atoms with Crippen LogP contribution in [0.3, 0.4) is 0 Å². The molecule has 0 rings (SSSR count). The summed E-state index contributed by atoms with van der Waals surface area (Å²) in [4.78, 5) is 0. The van der Waals surface area contributed by atoms with Crippen molar-refractivity contribution in [2.24, 2.45) is 0 Å². The Kier molecular flexibility index (Phi) is 20.1. The predicted octanol–water partition coefficient (Wildman–Crippen LogP) is 6.63. The van der Waals surface area contributed by atoms with E-state index in [1.54, 1.807) is 0 Å². The van der Waals surface area contributed by atoms with Gasteiger partial charge in [-0.25, -0.2) is 0 Å². The van der Waals surface area contributed by atoms with Gasteiger partial charge < -0.3 is 5.11 Å². The zero-order chi connectivity index (χ0) is 16.1. The molecule has 0 aliphatic carbocycles. The van der Waals surface area contributed by atoms with E-state index in [9.17, 15) is 0 Å². The molecule has 0 aromatic rings. The molecule has 0 radical (unpaired) electrons. The molecule has 1 heteroatoms. The minimum Gasteiger partial charge on any atom is -0.396 e. The average molecular weight is 309 g/mol. The van der Waals surface area contributed by atoms with E-state index < -0.39 is 0 Å². The minimum absolute atomic E-state index is 0.271. The van der Waals surface area contributed by atoms with Gasteiger partial charge in [0.2, 0.25) is 0 Å². The SMILES string of the molecule is CCCCCCCCCCCCCCCCC#CCCCO. The van der Waals surface area contributed by atoms with Crippen LogP contribution in [0.2, 0.25) is 0 Å². The largest absolute Gasteiger partial charge is 0.396 e. The molecule has 0 aliphatic heterocycles. The van der Waals surface area contributed by atoms with Gasteiger partial charge in [-0.1, -0.05) is 90.4 Å². The van der Waals surface area contributed by atoms with E-state index in [-0.39, 0.29) is 6.61 Å². The molecule has 22 heavy (non-hydrogen) atoms. The van der Waals surface area contributed by atoms with E-state index in [1.807, 2.05) is 0 Å². The van der Waals surface area contributed by atoms with Gasteiger partial charge in [-0.05, 0) is 12.8 Å². The average Bonchev–Trinajstić information content (AvgIpc) is 2.54. The molecule has 0 aliphatic rings. The molecule has 0 saturated carbocycles. The highest BCUT2D eigenvalue weighted by Crippen LogP contribution is 2.13. The lowest BCUT2D eigenvalue weighted by molar-refractivity contribution is 0.290. The third-order valence-corrected chi connectivity index (χ3v) is 4.24. The fourth-order valence-electron chi connectivity index (χ4n) is 2.75. The van der Waals surface area contributed by atoms with Crippen LogP contribution in [0.4, 0.5) is 0 Å².